The maximum absolute atomic E-state index is 12.7. The number of anilines is 2. The van der Waals surface area contributed by atoms with E-state index in [2.05, 4.69) is 28.8 Å². The van der Waals surface area contributed by atoms with Crippen LogP contribution in [0.2, 0.25) is 0 Å². The molecule has 4 rings (SSSR count). The molecule has 140 valence electrons. The molecule has 0 radical (unpaired) electrons. The minimum atomic E-state index is -0.444. The quantitative estimate of drug-likeness (QED) is 0.878. The number of carbonyl (C=O) groups is 2. The van der Waals surface area contributed by atoms with Crippen LogP contribution in [0.1, 0.15) is 30.9 Å². The number of benzene rings is 2. The number of rotatable bonds is 4. The summed E-state index contributed by atoms with van der Waals surface area (Å²) in [4.78, 5) is 26.5. The van der Waals surface area contributed by atoms with E-state index in [1.54, 1.807) is 4.90 Å². The first kappa shape index (κ1) is 17.6. The summed E-state index contributed by atoms with van der Waals surface area (Å²) >= 11 is 0. The number of aryl methyl sites for hydroxylation is 1. The summed E-state index contributed by atoms with van der Waals surface area (Å²) in [6, 6.07) is 16.1. The first-order valence-electron chi connectivity index (χ1n) is 9.63. The number of carbonyl (C=O) groups excluding carboxylic acids is 2. The molecule has 5 nitrogen and oxygen atoms in total. The smallest absolute Gasteiger partial charge is 0.243 e. The Hall–Kier alpha value is -2.82. The minimum absolute atomic E-state index is 0.0717. The van der Waals surface area contributed by atoms with E-state index in [1.807, 2.05) is 30.3 Å². The summed E-state index contributed by atoms with van der Waals surface area (Å²) in [6.45, 7) is 2.13. The normalized spacial score (nSPS) is 20.4. The van der Waals surface area contributed by atoms with E-state index in [0.29, 0.717) is 19.0 Å². The van der Waals surface area contributed by atoms with Gasteiger partial charge in [-0.1, -0.05) is 36.4 Å². The molecule has 2 N–H and O–H groups in total. The van der Waals surface area contributed by atoms with Crippen molar-refractivity contribution in [3.63, 3.8) is 0 Å². The van der Waals surface area contributed by atoms with Crippen molar-refractivity contribution in [1.29, 1.82) is 0 Å². The van der Waals surface area contributed by atoms with E-state index in [9.17, 15) is 9.59 Å². The van der Waals surface area contributed by atoms with Gasteiger partial charge in [0.15, 0.2) is 0 Å². The summed E-state index contributed by atoms with van der Waals surface area (Å²) in [5.74, 6) is -0.164. The minimum Gasteiger partial charge on any atom is -0.382 e. The van der Waals surface area contributed by atoms with Crippen LogP contribution in [0.4, 0.5) is 11.4 Å². The van der Waals surface area contributed by atoms with Crippen molar-refractivity contribution >= 4 is 23.2 Å². The van der Waals surface area contributed by atoms with Crippen LogP contribution in [-0.2, 0) is 22.4 Å². The lowest BCUT2D eigenvalue weighted by molar-refractivity contribution is -0.125. The summed E-state index contributed by atoms with van der Waals surface area (Å²) in [5.41, 5.74) is 4.47. The van der Waals surface area contributed by atoms with Gasteiger partial charge in [-0.25, -0.2) is 0 Å². The summed E-state index contributed by atoms with van der Waals surface area (Å²) in [7, 11) is 0. The number of hydrogen-bond acceptors (Lipinski definition) is 3. The van der Waals surface area contributed by atoms with Crippen LogP contribution in [0.3, 0.4) is 0 Å². The second-order valence-corrected chi connectivity index (χ2v) is 7.35. The van der Waals surface area contributed by atoms with E-state index < -0.39 is 6.04 Å². The molecule has 0 saturated carbocycles. The Morgan fingerprint density at radius 3 is 2.67 bits per heavy atom. The Balaban J connectivity index is 1.33. The van der Waals surface area contributed by atoms with Crippen molar-refractivity contribution in [3.05, 3.63) is 59.7 Å². The van der Waals surface area contributed by atoms with E-state index in [4.69, 9.17) is 0 Å². The molecule has 2 aromatic carbocycles. The molecule has 0 spiro atoms. The molecular formula is C22H25N3O2. The molecule has 0 fully saturated rings. The van der Waals surface area contributed by atoms with Crippen LogP contribution in [0.5, 0.6) is 0 Å². The second kappa shape index (κ2) is 7.43. The van der Waals surface area contributed by atoms with Crippen molar-refractivity contribution in [3.8, 4) is 0 Å². The molecule has 5 heteroatoms. The average Bonchev–Trinajstić information content (AvgIpc) is 3.08. The van der Waals surface area contributed by atoms with Crippen molar-refractivity contribution in [2.45, 2.75) is 44.7 Å². The second-order valence-electron chi connectivity index (χ2n) is 7.35. The Morgan fingerprint density at radius 2 is 1.85 bits per heavy atom. The molecule has 27 heavy (non-hydrogen) atoms. The van der Waals surface area contributed by atoms with Gasteiger partial charge in [-0.15, -0.1) is 0 Å². The van der Waals surface area contributed by atoms with E-state index >= 15 is 0 Å². The molecule has 0 bridgehead atoms. The van der Waals surface area contributed by atoms with Crippen molar-refractivity contribution in [2.24, 2.45) is 0 Å². The van der Waals surface area contributed by atoms with E-state index in [1.165, 1.54) is 18.2 Å². The number of fused-ring (bicyclic) bond motifs is 2. The lowest BCUT2D eigenvalue weighted by Gasteiger charge is -2.28. The van der Waals surface area contributed by atoms with E-state index in [-0.39, 0.29) is 11.8 Å². The van der Waals surface area contributed by atoms with Crippen LogP contribution in [0.15, 0.2) is 48.5 Å². The van der Waals surface area contributed by atoms with Gasteiger partial charge in [0.25, 0.3) is 0 Å². The molecule has 2 aromatic rings. The number of amides is 2. The predicted octanol–water partition coefficient (Wildman–Crippen LogP) is 2.90. The fraction of sp³-hybridized carbons (Fsp3) is 0.364. The Kier molecular flexibility index (Phi) is 4.84. The lowest BCUT2D eigenvalue weighted by atomic mass is 9.96. The molecule has 2 aliphatic heterocycles. The summed E-state index contributed by atoms with van der Waals surface area (Å²) in [5, 5.41) is 6.61. The molecule has 1 unspecified atom stereocenters. The molecule has 2 aliphatic rings. The standard InChI is InChI=1S/C22H25N3O2/c1-15(26)25-20-9-5-3-7-17(20)14-21(25)22(27)23-13-12-18-11-10-16-6-2-4-8-19(16)24-18/h2-9,18,21,24H,10-14H2,1H3,(H,23,27)/t18?,21-/m0/s1. The lowest BCUT2D eigenvalue weighted by Crippen LogP contribution is -2.48. The first-order chi connectivity index (χ1) is 13.1. The van der Waals surface area contributed by atoms with Crippen LogP contribution >= 0.6 is 0 Å². The van der Waals surface area contributed by atoms with Gasteiger partial charge in [0.2, 0.25) is 11.8 Å². The Bertz CT molecular complexity index is 864. The number of nitrogens with zero attached hydrogens (tertiary/aromatic N) is 1. The summed E-state index contributed by atoms with van der Waals surface area (Å²) < 4.78 is 0. The zero-order valence-corrected chi connectivity index (χ0v) is 15.6. The van der Waals surface area contributed by atoms with Crippen LogP contribution in [0, 0.1) is 0 Å². The monoisotopic (exact) mass is 363 g/mol. The number of nitrogens with one attached hydrogen (secondary N) is 2. The van der Waals surface area contributed by atoms with Gasteiger partial charge in [-0.3, -0.25) is 14.5 Å². The molecule has 0 aliphatic carbocycles. The zero-order chi connectivity index (χ0) is 18.8. The van der Waals surface area contributed by atoms with Gasteiger partial charge in [0, 0.05) is 37.3 Å². The van der Waals surface area contributed by atoms with Gasteiger partial charge >= 0.3 is 0 Å². The van der Waals surface area contributed by atoms with Crippen LogP contribution in [0.25, 0.3) is 0 Å². The first-order valence-corrected chi connectivity index (χ1v) is 9.63. The SMILES string of the molecule is CC(=O)N1c2ccccc2C[C@H]1C(=O)NCCC1CCc2ccccc2N1. The highest BCUT2D eigenvalue weighted by Crippen LogP contribution is 2.32. The largest absolute Gasteiger partial charge is 0.382 e. The Labute approximate surface area is 159 Å². The predicted molar refractivity (Wildman–Crippen MR) is 107 cm³/mol. The molecule has 2 atom stereocenters. The van der Waals surface area contributed by atoms with Crippen molar-refractivity contribution in [2.75, 3.05) is 16.8 Å². The molecular weight excluding hydrogens is 338 g/mol. The van der Waals surface area contributed by atoms with Gasteiger partial charge in [-0.05, 0) is 42.5 Å². The van der Waals surface area contributed by atoms with Crippen molar-refractivity contribution < 1.29 is 9.59 Å². The van der Waals surface area contributed by atoms with E-state index in [0.717, 1.165) is 30.5 Å². The van der Waals surface area contributed by atoms with Gasteiger partial charge < -0.3 is 10.6 Å². The highest BCUT2D eigenvalue weighted by Gasteiger charge is 2.36. The number of hydrogen-bond donors (Lipinski definition) is 2. The topological polar surface area (TPSA) is 61.4 Å². The highest BCUT2D eigenvalue weighted by atomic mass is 16.2. The van der Waals surface area contributed by atoms with Gasteiger partial charge in [0.1, 0.15) is 6.04 Å². The Morgan fingerprint density at radius 1 is 1.11 bits per heavy atom. The fourth-order valence-corrected chi connectivity index (χ4v) is 4.19. The maximum atomic E-state index is 12.7. The average molecular weight is 363 g/mol. The van der Waals surface area contributed by atoms with Crippen molar-refractivity contribution in [1.82, 2.24) is 5.32 Å². The third kappa shape index (κ3) is 3.54. The molecule has 2 amide bonds. The molecule has 0 saturated heterocycles. The van der Waals surface area contributed by atoms with Crippen LogP contribution in [-0.4, -0.2) is 30.4 Å². The molecule has 0 aromatic heterocycles. The molecule has 2 heterocycles. The third-order valence-electron chi connectivity index (χ3n) is 5.55. The number of para-hydroxylation sites is 2. The van der Waals surface area contributed by atoms with Gasteiger partial charge in [-0.2, -0.15) is 0 Å². The van der Waals surface area contributed by atoms with Gasteiger partial charge in [0.05, 0.1) is 0 Å². The third-order valence-corrected chi connectivity index (χ3v) is 5.55. The zero-order valence-electron chi connectivity index (χ0n) is 15.6. The van der Waals surface area contributed by atoms with Crippen LogP contribution < -0.4 is 15.5 Å². The fourth-order valence-electron chi connectivity index (χ4n) is 4.19. The maximum Gasteiger partial charge on any atom is 0.243 e. The summed E-state index contributed by atoms with van der Waals surface area (Å²) in [6.07, 6.45) is 3.59. The highest BCUT2D eigenvalue weighted by molar-refractivity contribution is 6.02.